The van der Waals surface area contributed by atoms with Gasteiger partial charge in [-0.2, -0.15) is 0 Å². The van der Waals surface area contributed by atoms with Crippen LogP contribution < -0.4 is 16.4 Å². The minimum absolute atomic E-state index is 0.216. The minimum atomic E-state index is -0.514. The Balaban J connectivity index is 2.24. The quantitative estimate of drug-likeness (QED) is 0.668. The lowest BCUT2D eigenvalue weighted by molar-refractivity contribution is 0.0968. The first-order chi connectivity index (χ1) is 8.49. The summed E-state index contributed by atoms with van der Waals surface area (Å²) in [6.07, 6.45) is 0.489. The Morgan fingerprint density at radius 1 is 1.50 bits per heavy atom. The molecule has 1 amide bonds. The second-order valence-electron chi connectivity index (χ2n) is 4.92. The van der Waals surface area contributed by atoms with Gasteiger partial charge in [-0.15, -0.1) is 0 Å². The summed E-state index contributed by atoms with van der Waals surface area (Å²) in [6, 6.07) is 5.30. The number of benzene rings is 1. The van der Waals surface area contributed by atoms with E-state index in [1.807, 2.05) is 13.0 Å². The topological polar surface area (TPSA) is 92.6 Å². The van der Waals surface area contributed by atoms with E-state index in [0.717, 1.165) is 25.2 Å². The SMILES string of the molecule is CC1CN(c2ccc(N)c(C(N)=O)c2)CCC1O. The van der Waals surface area contributed by atoms with Crippen LogP contribution in [0.5, 0.6) is 0 Å². The number of carbonyl (C=O) groups is 1. The molecule has 1 aliphatic heterocycles. The predicted molar refractivity (Wildman–Crippen MR) is 71.4 cm³/mol. The van der Waals surface area contributed by atoms with Crippen molar-refractivity contribution < 1.29 is 9.90 Å². The highest BCUT2D eigenvalue weighted by Gasteiger charge is 2.24. The van der Waals surface area contributed by atoms with Crippen molar-refractivity contribution in [2.75, 3.05) is 23.7 Å². The monoisotopic (exact) mass is 249 g/mol. The molecule has 0 aliphatic carbocycles. The molecule has 0 bridgehead atoms. The number of nitrogen functional groups attached to an aromatic ring is 1. The summed E-state index contributed by atoms with van der Waals surface area (Å²) in [5, 5.41) is 9.71. The number of carbonyl (C=O) groups excluding carboxylic acids is 1. The van der Waals surface area contributed by atoms with E-state index < -0.39 is 5.91 Å². The number of hydrogen-bond acceptors (Lipinski definition) is 4. The zero-order valence-corrected chi connectivity index (χ0v) is 10.5. The van der Waals surface area contributed by atoms with Gasteiger partial charge in [-0.25, -0.2) is 0 Å². The lowest BCUT2D eigenvalue weighted by Gasteiger charge is -2.36. The molecule has 0 radical (unpaired) electrons. The van der Waals surface area contributed by atoms with Gasteiger partial charge >= 0.3 is 0 Å². The Hall–Kier alpha value is -1.75. The minimum Gasteiger partial charge on any atom is -0.398 e. The van der Waals surface area contributed by atoms with Gasteiger partial charge in [0.15, 0.2) is 0 Å². The molecule has 5 heteroatoms. The van der Waals surface area contributed by atoms with Crippen molar-refractivity contribution >= 4 is 17.3 Å². The number of aliphatic hydroxyl groups is 1. The second kappa shape index (κ2) is 4.86. The van der Waals surface area contributed by atoms with E-state index in [-0.39, 0.29) is 12.0 Å². The van der Waals surface area contributed by atoms with Crippen molar-refractivity contribution in [3.05, 3.63) is 23.8 Å². The van der Waals surface area contributed by atoms with E-state index in [2.05, 4.69) is 4.90 Å². The summed E-state index contributed by atoms with van der Waals surface area (Å²) in [5.74, 6) is -0.298. The van der Waals surface area contributed by atoms with Crippen LogP contribution in [0.1, 0.15) is 23.7 Å². The highest BCUT2D eigenvalue weighted by molar-refractivity contribution is 5.99. The zero-order valence-electron chi connectivity index (χ0n) is 10.5. The van der Waals surface area contributed by atoms with Gasteiger partial charge in [-0.05, 0) is 30.5 Å². The zero-order chi connectivity index (χ0) is 13.3. The number of piperidine rings is 1. The van der Waals surface area contributed by atoms with Crippen LogP contribution in [0.3, 0.4) is 0 Å². The van der Waals surface area contributed by atoms with E-state index in [9.17, 15) is 9.90 Å². The summed E-state index contributed by atoms with van der Waals surface area (Å²) >= 11 is 0. The van der Waals surface area contributed by atoms with E-state index in [4.69, 9.17) is 11.5 Å². The Bertz CT molecular complexity index is 462. The molecule has 98 valence electrons. The maximum absolute atomic E-state index is 11.3. The van der Waals surface area contributed by atoms with Gasteiger partial charge in [0.05, 0.1) is 11.7 Å². The molecule has 2 rings (SSSR count). The second-order valence-corrected chi connectivity index (χ2v) is 4.92. The van der Waals surface area contributed by atoms with E-state index in [0.29, 0.717) is 11.3 Å². The van der Waals surface area contributed by atoms with Crippen molar-refractivity contribution in [2.45, 2.75) is 19.4 Å². The first-order valence-corrected chi connectivity index (χ1v) is 6.11. The summed E-state index contributed by atoms with van der Waals surface area (Å²) in [4.78, 5) is 13.4. The van der Waals surface area contributed by atoms with E-state index >= 15 is 0 Å². The maximum atomic E-state index is 11.3. The van der Waals surface area contributed by atoms with Gasteiger partial charge in [0.25, 0.3) is 5.91 Å². The summed E-state index contributed by atoms with van der Waals surface area (Å²) in [6.45, 7) is 3.56. The molecule has 1 saturated heterocycles. The molecule has 5 nitrogen and oxygen atoms in total. The number of hydrogen-bond donors (Lipinski definition) is 3. The Kier molecular flexibility index (Phi) is 3.43. The number of anilines is 2. The van der Waals surface area contributed by atoms with Crippen LogP contribution in [0.15, 0.2) is 18.2 Å². The van der Waals surface area contributed by atoms with Gasteiger partial charge in [0.2, 0.25) is 0 Å². The number of nitrogens with zero attached hydrogens (tertiary/aromatic N) is 1. The molecule has 0 spiro atoms. The predicted octanol–water partition coefficient (Wildman–Crippen LogP) is 0.575. The number of aliphatic hydroxyl groups excluding tert-OH is 1. The third-order valence-corrected chi connectivity index (χ3v) is 3.53. The Morgan fingerprint density at radius 2 is 2.22 bits per heavy atom. The fraction of sp³-hybridized carbons (Fsp3) is 0.462. The standard InChI is InChI=1S/C13H19N3O2/c1-8-7-16(5-4-12(8)17)9-2-3-11(14)10(6-9)13(15)18/h2-3,6,8,12,17H,4-5,7,14H2,1H3,(H2,15,18). The van der Waals surface area contributed by atoms with Crippen LogP contribution in [0.2, 0.25) is 0 Å². The molecule has 0 saturated carbocycles. The van der Waals surface area contributed by atoms with Crippen molar-refractivity contribution in [3.8, 4) is 0 Å². The van der Waals surface area contributed by atoms with Crippen LogP contribution >= 0.6 is 0 Å². The normalized spacial score (nSPS) is 24.0. The fourth-order valence-corrected chi connectivity index (χ4v) is 2.32. The number of rotatable bonds is 2. The average molecular weight is 249 g/mol. The molecule has 5 N–H and O–H groups in total. The molecule has 2 atom stereocenters. The molecule has 18 heavy (non-hydrogen) atoms. The molecular weight excluding hydrogens is 230 g/mol. The molecular formula is C13H19N3O2. The van der Waals surface area contributed by atoms with Gasteiger partial charge in [0, 0.05) is 24.5 Å². The summed E-state index contributed by atoms with van der Waals surface area (Å²) in [7, 11) is 0. The van der Waals surface area contributed by atoms with Crippen LogP contribution in [-0.4, -0.2) is 30.2 Å². The van der Waals surface area contributed by atoms with Gasteiger partial charge in [-0.3, -0.25) is 4.79 Å². The lowest BCUT2D eigenvalue weighted by atomic mass is 9.96. The van der Waals surface area contributed by atoms with Crippen molar-refractivity contribution in [2.24, 2.45) is 11.7 Å². The van der Waals surface area contributed by atoms with Crippen LogP contribution in [0.4, 0.5) is 11.4 Å². The smallest absolute Gasteiger partial charge is 0.250 e. The molecule has 1 aromatic rings. The van der Waals surface area contributed by atoms with Crippen LogP contribution in [0, 0.1) is 5.92 Å². The third-order valence-electron chi connectivity index (χ3n) is 3.53. The van der Waals surface area contributed by atoms with Gasteiger partial charge < -0.3 is 21.5 Å². The number of amides is 1. The number of primary amides is 1. The molecule has 2 unspecified atom stereocenters. The third kappa shape index (κ3) is 2.41. The van der Waals surface area contributed by atoms with Crippen molar-refractivity contribution in [1.29, 1.82) is 0 Å². The Morgan fingerprint density at radius 3 is 2.83 bits per heavy atom. The van der Waals surface area contributed by atoms with Crippen LogP contribution in [0.25, 0.3) is 0 Å². The summed E-state index contributed by atoms with van der Waals surface area (Å²) < 4.78 is 0. The fourth-order valence-electron chi connectivity index (χ4n) is 2.32. The molecule has 0 aromatic heterocycles. The molecule has 1 fully saturated rings. The first-order valence-electron chi connectivity index (χ1n) is 6.11. The Labute approximate surface area is 106 Å². The molecule has 1 heterocycles. The maximum Gasteiger partial charge on any atom is 0.250 e. The van der Waals surface area contributed by atoms with E-state index in [1.165, 1.54) is 0 Å². The highest BCUT2D eigenvalue weighted by Crippen LogP contribution is 2.26. The number of nitrogens with two attached hydrogens (primary N) is 2. The van der Waals surface area contributed by atoms with Gasteiger partial charge in [0.1, 0.15) is 0 Å². The average Bonchev–Trinajstić information content (AvgIpc) is 2.33. The largest absolute Gasteiger partial charge is 0.398 e. The van der Waals surface area contributed by atoms with Crippen LogP contribution in [-0.2, 0) is 0 Å². The first kappa shape index (κ1) is 12.7. The lowest BCUT2D eigenvalue weighted by Crippen LogP contribution is -2.42. The van der Waals surface area contributed by atoms with Crippen molar-refractivity contribution in [1.82, 2.24) is 0 Å². The highest BCUT2D eigenvalue weighted by atomic mass is 16.3. The molecule has 1 aliphatic rings. The van der Waals surface area contributed by atoms with E-state index in [1.54, 1.807) is 12.1 Å². The summed E-state index contributed by atoms with van der Waals surface area (Å²) in [5.41, 5.74) is 12.7. The molecule has 1 aromatic carbocycles. The van der Waals surface area contributed by atoms with Crippen molar-refractivity contribution in [3.63, 3.8) is 0 Å². The van der Waals surface area contributed by atoms with Gasteiger partial charge in [-0.1, -0.05) is 6.92 Å².